The van der Waals surface area contributed by atoms with Crippen LogP contribution in [0.15, 0.2) is 24.3 Å². The summed E-state index contributed by atoms with van der Waals surface area (Å²) in [5.41, 5.74) is 1.06. The molecule has 0 aromatic heterocycles. The monoisotopic (exact) mass is 220 g/mol. The van der Waals surface area contributed by atoms with Crippen molar-refractivity contribution in [3.63, 3.8) is 0 Å². The molecule has 1 aliphatic rings. The van der Waals surface area contributed by atoms with Gasteiger partial charge in [0.25, 0.3) is 0 Å². The van der Waals surface area contributed by atoms with Gasteiger partial charge in [-0.2, -0.15) is 0 Å². The van der Waals surface area contributed by atoms with Gasteiger partial charge in [-0.1, -0.05) is 12.1 Å². The Hall–Kier alpha value is -1.55. The van der Waals surface area contributed by atoms with Crippen molar-refractivity contribution in [3.8, 4) is 5.75 Å². The minimum atomic E-state index is 0.126. The summed E-state index contributed by atoms with van der Waals surface area (Å²) >= 11 is 0. The molecule has 1 saturated heterocycles. The van der Waals surface area contributed by atoms with Crippen LogP contribution in [-0.2, 0) is 11.3 Å². The van der Waals surface area contributed by atoms with Gasteiger partial charge in [-0.25, -0.2) is 0 Å². The summed E-state index contributed by atoms with van der Waals surface area (Å²) < 4.78 is 5.12. The number of hydrogen-bond donors (Lipinski definition) is 2. The van der Waals surface area contributed by atoms with Gasteiger partial charge in [-0.05, 0) is 17.7 Å². The lowest BCUT2D eigenvalue weighted by atomic mass is 10.0. The number of benzene rings is 1. The zero-order valence-electron chi connectivity index (χ0n) is 9.32. The predicted molar refractivity (Wildman–Crippen MR) is 61.2 cm³/mol. The van der Waals surface area contributed by atoms with Crippen molar-refractivity contribution in [2.45, 2.75) is 6.54 Å². The molecule has 1 amide bonds. The smallest absolute Gasteiger partial charge is 0.225 e. The molecule has 1 fully saturated rings. The van der Waals surface area contributed by atoms with Gasteiger partial charge in [0, 0.05) is 19.6 Å². The lowest BCUT2D eigenvalue weighted by Gasteiger charge is -2.25. The van der Waals surface area contributed by atoms with Crippen LogP contribution in [0.5, 0.6) is 5.75 Å². The van der Waals surface area contributed by atoms with E-state index in [-0.39, 0.29) is 11.8 Å². The summed E-state index contributed by atoms with van der Waals surface area (Å²) in [5.74, 6) is 1.09. The molecule has 0 bridgehead atoms. The van der Waals surface area contributed by atoms with Gasteiger partial charge in [0.05, 0.1) is 13.0 Å². The van der Waals surface area contributed by atoms with E-state index in [1.54, 1.807) is 7.11 Å². The molecule has 0 unspecified atom stereocenters. The predicted octanol–water partition coefficient (Wildman–Crippen LogP) is 0.531. The Kier molecular flexibility index (Phi) is 3.41. The molecule has 0 aliphatic carbocycles. The van der Waals surface area contributed by atoms with Crippen LogP contribution in [0.2, 0.25) is 0 Å². The molecule has 2 rings (SSSR count). The second-order valence-electron chi connectivity index (χ2n) is 3.92. The minimum absolute atomic E-state index is 0.126. The second kappa shape index (κ2) is 4.99. The summed E-state index contributed by atoms with van der Waals surface area (Å²) in [5, 5.41) is 6.00. The first kappa shape index (κ1) is 11.0. The topological polar surface area (TPSA) is 50.4 Å². The molecule has 0 spiro atoms. The van der Waals surface area contributed by atoms with Gasteiger partial charge in [0.2, 0.25) is 5.91 Å². The molecule has 86 valence electrons. The van der Waals surface area contributed by atoms with Gasteiger partial charge >= 0.3 is 0 Å². The second-order valence-corrected chi connectivity index (χ2v) is 3.92. The van der Waals surface area contributed by atoms with E-state index < -0.39 is 0 Å². The molecule has 0 radical (unpaired) electrons. The quantitative estimate of drug-likeness (QED) is 0.778. The summed E-state index contributed by atoms with van der Waals surface area (Å²) in [7, 11) is 1.64. The number of carbonyl (C=O) groups is 1. The van der Waals surface area contributed by atoms with Crippen molar-refractivity contribution in [1.82, 2.24) is 10.6 Å². The SMILES string of the molecule is COc1cccc(CNC(=O)C2CNC2)c1. The highest BCUT2D eigenvalue weighted by molar-refractivity contribution is 5.79. The first-order valence-electron chi connectivity index (χ1n) is 5.41. The zero-order chi connectivity index (χ0) is 11.4. The third kappa shape index (κ3) is 2.52. The fraction of sp³-hybridized carbons (Fsp3) is 0.417. The maximum absolute atomic E-state index is 11.6. The Balaban J connectivity index is 1.86. The molecule has 4 heteroatoms. The first-order chi connectivity index (χ1) is 7.79. The normalized spacial score (nSPS) is 15.3. The number of hydrogen-bond acceptors (Lipinski definition) is 3. The van der Waals surface area contributed by atoms with E-state index in [1.807, 2.05) is 24.3 Å². The maximum Gasteiger partial charge on any atom is 0.225 e. The van der Waals surface area contributed by atoms with Crippen LogP contribution in [0.3, 0.4) is 0 Å². The van der Waals surface area contributed by atoms with Crippen molar-refractivity contribution in [2.24, 2.45) is 5.92 Å². The summed E-state index contributed by atoms with van der Waals surface area (Å²) in [6, 6.07) is 7.72. The van der Waals surface area contributed by atoms with E-state index in [1.165, 1.54) is 0 Å². The maximum atomic E-state index is 11.6. The molecule has 1 aromatic carbocycles. The Morgan fingerprint density at radius 2 is 2.38 bits per heavy atom. The fourth-order valence-electron chi connectivity index (χ4n) is 1.59. The van der Waals surface area contributed by atoms with E-state index in [2.05, 4.69) is 10.6 Å². The molecule has 4 nitrogen and oxygen atoms in total. The number of methoxy groups -OCH3 is 1. The highest BCUT2D eigenvalue weighted by Gasteiger charge is 2.24. The fourth-order valence-corrected chi connectivity index (χ4v) is 1.59. The van der Waals surface area contributed by atoms with Gasteiger partial charge in [0.15, 0.2) is 0 Å². The Labute approximate surface area is 95.0 Å². The Morgan fingerprint density at radius 3 is 3.00 bits per heavy atom. The highest BCUT2D eigenvalue weighted by atomic mass is 16.5. The largest absolute Gasteiger partial charge is 0.497 e. The molecule has 2 N–H and O–H groups in total. The summed E-state index contributed by atoms with van der Waals surface area (Å²) in [6.45, 7) is 2.15. The van der Waals surface area contributed by atoms with Crippen LogP contribution in [0.25, 0.3) is 0 Å². The van der Waals surface area contributed by atoms with Crippen molar-refractivity contribution in [2.75, 3.05) is 20.2 Å². The molecule has 1 aliphatic heterocycles. The molecule has 0 atom stereocenters. The minimum Gasteiger partial charge on any atom is -0.497 e. The molecular weight excluding hydrogens is 204 g/mol. The van der Waals surface area contributed by atoms with E-state index in [4.69, 9.17) is 4.74 Å². The molecular formula is C12H16N2O2. The Morgan fingerprint density at radius 1 is 1.56 bits per heavy atom. The number of rotatable bonds is 4. The van der Waals surface area contributed by atoms with E-state index in [9.17, 15) is 4.79 Å². The lowest BCUT2D eigenvalue weighted by Crippen LogP contribution is -2.50. The van der Waals surface area contributed by atoms with Crippen LogP contribution < -0.4 is 15.4 Å². The number of nitrogens with one attached hydrogen (secondary N) is 2. The van der Waals surface area contributed by atoms with Crippen LogP contribution in [-0.4, -0.2) is 26.1 Å². The third-order valence-electron chi connectivity index (χ3n) is 2.75. The van der Waals surface area contributed by atoms with Crippen LogP contribution >= 0.6 is 0 Å². The molecule has 1 heterocycles. The summed E-state index contributed by atoms with van der Waals surface area (Å²) in [4.78, 5) is 11.6. The van der Waals surface area contributed by atoms with Crippen molar-refractivity contribution >= 4 is 5.91 Å². The molecule has 0 saturated carbocycles. The molecule has 1 aromatic rings. The number of ether oxygens (including phenoxy) is 1. The highest BCUT2D eigenvalue weighted by Crippen LogP contribution is 2.12. The van der Waals surface area contributed by atoms with Gasteiger partial charge in [-0.15, -0.1) is 0 Å². The standard InChI is InChI=1S/C12H16N2O2/c1-16-11-4-2-3-9(5-11)6-14-12(15)10-7-13-8-10/h2-5,10,13H,6-8H2,1H3,(H,14,15). The van der Waals surface area contributed by atoms with Gasteiger partial charge in [-0.3, -0.25) is 4.79 Å². The Bertz CT molecular complexity index is 375. The van der Waals surface area contributed by atoms with Gasteiger partial charge in [0.1, 0.15) is 5.75 Å². The van der Waals surface area contributed by atoms with Gasteiger partial charge < -0.3 is 15.4 Å². The van der Waals surface area contributed by atoms with E-state index >= 15 is 0 Å². The average molecular weight is 220 g/mol. The van der Waals surface area contributed by atoms with Crippen molar-refractivity contribution in [1.29, 1.82) is 0 Å². The summed E-state index contributed by atoms with van der Waals surface area (Å²) in [6.07, 6.45) is 0. The van der Waals surface area contributed by atoms with E-state index in [0.717, 1.165) is 24.4 Å². The van der Waals surface area contributed by atoms with Crippen molar-refractivity contribution < 1.29 is 9.53 Å². The molecule has 16 heavy (non-hydrogen) atoms. The lowest BCUT2D eigenvalue weighted by molar-refractivity contribution is -0.126. The average Bonchev–Trinajstić information content (AvgIpc) is 2.24. The third-order valence-corrected chi connectivity index (χ3v) is 2.75. The zero-order valence-corrected chi connectivity index (χ0v) is 9.32. The number of carbonyl (C=O) groups excluding carboxylic acids is 1. The van der Waals surface area contributed by atoms with Crippen LogP contribution in [0.4, 0.5) is 0 Å². The number of amides is 1. The first-order valence-corrected chi connectivity index (χ1v) is 5.41. The van der Waals surface area contributed by atoms with Crippen molar-refractivity contribution in [3.05, 3.63) is 29.8 Å². The van der Waals surface area contributed by atoms with Crippen LogP contribution in [0, 0.1) is 5.92 Å². The van der Waals surface area contributed by atoms with Crippen LogP contribution in [0.1, 0.15) is 5.56 Å². The van der Waals surface area contributed by atoms with E-state index in [0.29, 0.717) is 6.54 Å².